The zero-order chi connectivity index (χ0) is 13.0. The Balaban J connectivity index is 2.21. The molecule has 5 nitrogen and oxygen atoms in total. The second-order valence-corrected chi connectivity index (χ2v) is 4.20. The molecule has 0 radical (unpaired) electrons. The summed E-state index contributed by atoms with van der Waals surface area (Å²) in [6, 6.07) is 5.69. The van der Waals surface area contributed by atoms with Gasteiger partial charge in [-0.15, -0.1) is 0 Å². The number of rotatable bonds is 5. The number of anilines is 2. The van der Waals surface area contributed by atoms with Gasteiger partial charge < -0.3 is 20.1 Å². The third-order valence-electron chi connectivity index (χ3n) is 2.98. The number of hydrogen-bond acceptors (Lipinski definition) is 4. The lowest BCUT2D eigenvalue weighted by molar-refractivity contribution is -0.121. The van der Waals surface area contributed by atoms with Crippen molar-refractivity contribution in [3.8, 4) is 5.75 Å². The number of fused-ring (bicyclic) bond motifs is 1. The fraction of sp³-hybridized carbons (Fsp3) is 0.462. The fourth-order valence-corrected chi connectivity index (χ4v) is 1.98. The average molecular weight is 250 g/mol. The van der Waals surface area contributed by atoms with Crippen LogP contribution in [0.25, 0.3) is 0 Å². The van der Waals surface area contributed by atoms with Gasteiger partial charge in [0.05, 0.1) is 5.69 Å². The third-order valence-corrected chi connectivity index (χ3v) is 2.98. The smallest absolute Gasteiger partial charge is 0.265 e. The molecule has 0 aromatic heterocycles. The van der Waals surface area contributed by atoms with E-state index in [1.807, 2.05) is 25.2 Å². The zero-order valence-electron chi connectivity index (χ0n) is 10.5. The first kappa shape index (κ1) is 12.7. The lowest BCUT2D eigenvalue weighted by Gasteiger charge is -2.29. The topological polar surface area (TPSA) is 61.8 Å². The highest BCUT2D eigenvalue weighted by atomic mass is 16.5. The highest BCUT2D eigenvalue weighted by Gasteiger charge is 2.25. The van der Waals surface area contributed by atoms with Crippen molar-refractivity contribution in [2.24, 2.45) is 0 Å². The molecule has 0 atom stereocenters. The van der Waals surface area contributed by atoms with E-state index in [0.29, 0.717) is 13.0 Å². The van der Waals surface area contributed by atoms with Gasteiger partial charge in [-0.2, -0.15) is 0 Å². The number of hydrogen-bond donors (Lipinski definition) is 2. The largest absolute Gasteiger partial charge is 0.482 e. The van der Waals surface area contributed by atoms with Crippen molar-refractivity contribution in [3.63, 3.8) is 0 Å². The highest BCUT2D eigenvalue weighted by Crippen LogP contribution is 2.34. The molecule has 5 heteroatoms. The van der Waals surface area contributed by atoms with Crippen LogP contribution in [0.3, 0.4) is 0 Å². The molecule has 1 heterocycles. The molecule has 1 amide bonds. The summed E-state index contributed by atoms with van der Waals surface area (Å²) in [6.07, 6.45) is 1.48. The Hall–Kier alpha value is -1.75. The molecule has 0 saturated heterocycles. The van der Waals surface area contributed by atoms with Crippen LogP contribution in [0.4, 0.5) is 11.4 Å². The second-order valence-electron chi connectivity index (χ2n) is 4.20. The van der Waals surface area contributed by atoms with Crippen LogP contribution in [-0.4, -0.2) is 37.8 Å². The normalized spacial score (nSPS) is 14.1. The first-order valence-corrected chi connectivity index (χ1v) is 6.12. The summed E-state index contributed by atoms with van der Waals surface area (Å²) in [5, 5.41) is 11.8. The number of ether oxygens (including phenoxy) is 1. The summed E-state index contributed by atoms with van der Waals surface area (Å²) in [7, 11) is 1.84. The molecule has 0 bridgehead atoms. The number of carbonyl (C=O) groups is 1. The Morgan fingerprint density at radius 1 is 1.44 bits per heavy atom. The molecule has 1 aromatic rings. The maximum absolute atomic E-state index is 11.9. The van der Waals surface area contributed by atoms with Crippen molar-refractivity contribution < 1.29 is 14.6 Å². The van der Waals surface area contributed by atoms with E-state index < -0.39 is 0 Å². The fourth-order valence-electron chi connectivity index (χ4n) is 1.98. The number of aliphatic hydroxyl groups is 1. The summed E-state index contributed by atoms with van der Waals surface area (Å²) in [5.41, 5.74) is 1.75. The van der Waals surface area contributed by atoms with Crippen LogP contribution in [0.1, 0.15) is 12.8 Å². The number of amides is 1. The summed E-state index contributed by atoms with van der Waals surface area (Å²) < 4.78 is 5.40. The Morgan fingerprint density at radius 3 is 3.00 bits per heavy atom. The number of aliphatic hydroxyl groups excluding tert-OH is 1. The Labute approximate surface area is 106 Å². The lowest BCUT2D eigenvalue weighted by Crippen LogP contribution is -2.39. The van der Waals surface area contributed by atoms with E-state index in [4.69, 9.17) is 9.84 Å². The van der Waals surface area contributed by atoms with Gasteiger partial charge in [0, 0.05) is 25.9 Å². The van der Waals surface area contributed by atoms with Crippen molar-refractivity contribution in [1.29, 1.82) is 0 Å². The Kier molecular flexibility index (Phi) is 4.04. The number of unbranched alkanes of at least 4 members (excludes halogenated alkanes) is 1. The molecular weight excluding hydrogens is 232 g/mol. The van der Waals surface area contributed by atoms with Crippen molar-refractivity contribution in [2.45, 2.75) is 12.8 Å². The van der Waals surface area contributed by atoms with Crippen molar-refractivity contribution in [1.82, 2.24) is 0 Å². The minimum Gasteiger partial charge on any atom is -0.482 e. The first-order chi connectivity index (χ1) is 8.76. The zero-order valence-corrected chi connectivity index (χ0v) is 10.5. The molecule has 2 rings (SSSR count). The number of nitrogens with zero attached hydrogens (tertiary/aromatic N) is 1. The molecule has 2 N–H and O–H groups in total. The van der Waals surface area contributed by atoms with Gasteiger partial charge in [-0.25, -0.2) is 0 Å². The van der Waals surface area contributed by atoms with E-state index in [0.717, 1.165) is 23.5 Å². The van der Waals surface area contributed by atoms with Gasteiger partial charge in [-0.3, -0.25) is 4.79 Å². The maximum Gasteiger partial charge on any atom is 0.265 e. The van der Waals surface area contributed by atoms with E-state index in [9.17, 15) is 4.79 Å². The molecule has 0 aliphatic carbocycles. The minimum atomic E-state index is -0.0336. The van der Waals surface area contributed by atoms with Crippen LogP contribution in [0, 0.1) is 0 Å². The maximum atomic E-state index is 11.9. The van der Waals surface area contributed by atoms with Crippen LogP contribution in [0.2, 0.25) is 0 Å². The van der Waals surface area contributed by atoms with Crippen LogP contribution in [0.5, 0.6) is 5.75 Å². The molecule has 0 saturated carbocycles. The number of carbonyl (C=O) groups excluding carboxylic acids is 1. The molecule has 1 aliphatic rings. The van der Waals surface area contributed by atoms with E-state index in [-0.39, 0.29) is 19.1 Å². The lowest BCUT2D eigenvalue weighted by atomic mass is 10.2. The molecule has 0 unspecified atom stereocenters. The number of benzene rings is 1. The monoisotopic (exact) mass is 250 g/mol. The predicted octanol–water partition coefficient (Wildman–Crippen LogP) is 1.23. The molecule has 98 valence electrons. The summed E-state index contributed by atoms with van der Waals surface area (Å²) >= 11 is 0. The predicted molar refractivity (Wildman–Crippen MR) is 70.2 cm³/mol. The summed E-state index contributed by atoms with van der Waals surface area (Å²) in [5.74, 6) is 0.700. The molecule has 18 heavy (non-hydrogen) atoms. The third kappa shape index (κ3) is 2.56. The standard InChI is InChI=1S/C13H18N2O3/c1-14-10-4-5-12-11(8-10)15(6-2-3-7-16)13(17)9-18-12/h4-5,8,14,16H,2-3,6-7,9H2,1H3. The summed E-state index contributed by atoms with van der Waals surface area (Å²) in [4.78, 5) is 13.6. The molecule has 0 fully saturated rings. The van der Waals surface area contributed by atoms with Gasteiger partial charge in [0.1, 0.15) is 5.75 Å². The molecule has 1 aliphatic heterocycles. The van der Waals surface area contributed by atoms with E-state index in [1.54, 1.807) is 4.90 Å². The molecular formula is C13H18N2O3. The number of nitrogens with one attached hydrogen (secondary N) is 1. The highest BCUT2D eigenvalue weighted by molar-refractivity contribution is 5.98. The second kappa shape index (κ2) is 5.73. The van der Waals surface area contributed by atoms with Gasteiger partial charge in [0.15, 0.2) is 6.61 Å². The Bertz CT molecular complexity index is 434. The van der Waals surface area contributed by atoms with Crippen molar-refractivity contribution in [3.05, 3.63) is 18.2 Å². The SMILES string of the molecule is CNc1ccc2c(c1)N(CCCCO)C(=O)CO2. The van der Waals surface area contributed by atoms with Crippen LogP contribution < -0.4 is 15.0 Å². The van der Waals surface area contributed by atoms with Crippen molar-refractivity contribution >= 4 is 17.3 Å². The van der Waals surface area contributed by atoms with E-state index in [2.05, 4.69) is 5.32 Å². The van der Waals surface area contributed by atoms with Crippen LogP contribution in [0.15, 0.2) is 18.2 Å². The van der Waals surface area contributed by atoms with E-state index in [1.165, 1.54) is 0 Å². The van der Waals surface area contributed by atoms with E-state index >= 15 is 0 Å². The first-order valence-electron chi connectivity index (χ1n) is 6.12. The van der Waals surface area contributed by atoms with Gasteiger partial charge in [0.25, 0.3) is 5.91 Å². The van der Waals surface area contributed by atoms with Gasteiger partial charge >= 0.3 is 0 Å². The molecule has 1 aromatic carbocycles. The van der Waals surface area contributed by atoms with Crippen LogP contribution in [-0.2, 0) is 4.79 Å². The minimum absolute atomic E-state index is 0.0336. The Morgan fingerprint density at radius 2 is 2.28 bits per heavy atom. The van der Waals surface area contributed by atoms with Gasteiger partial charge in [0.2, 0.25) is 0 Å². The van der Waals surface area contributed by atoms with Crippen molar-refractivity contribution in [2.75, 3.05) is 37.0 Å². The van der Waals surface area contributed by atoms with Crippen LogP contribution >= 0.6 is 0 Å². The summed E-state index contributed by atoms with van der Waals surface area (Å²) in [6.45, 7) is 0.857. The average Bonchev–Trinajstić information content (AvgIpc) is 2.41. The molecule has 0 spiro atoms. The quantitative estimate of drug-likeness (QED) is 0.771. The van der Waals surface area contributed by atoms with Gasteiger partial charge in [-0.05, 0) is 31.0 Å². The van der Waals surface area contributed by atoms with Gasteiger partial charge in [-0.1, -0.05) is 0 Å².